The van der Waals surface area contributed by atoms with Crippen LogP contribution in [0.1, 0.15) is 38.7 Å². The number of nitrogens with zero attached hydrogens (tertiary/aromatic N) is 1. The average Bonchev–Trinajstić information content (AvgIpc) is 2.46. The summed E-state index contributed by atoms with van der Waals surface area (Å²) < 4.78 is 0. The Kier molecular flexibility index (Phi) is 8.01. The van der Waals surface area contributed by atoms with E-state index in [1.165, 1.54) is 6.42 Å². The van der Waals surface area contributed by atoms with E-state index >= 15 is 0 Å². The number of rotatable bonds is 9. The number of carbonyl (C=O) groups excluding carboxylic acids is 1. The monoisotopic (exact) mass is 291 g/mol. The highest BCUT2D eigenvalue weighted by atomic mass is 16.1. The van der Waals surface area contributed by atoms with Gasteiger partial charge in [0.2, 0.25) is 5.91 Å². The quantitative estimate of drug-likeness (QED) is 0.735. The predicted molar refractivity (Wildman–Crippen MR) is 89.1 cm³/mol. The highest BCUT2D eigenvalue weighted by molar-refractivity contribution is 5.90. The maximum Gasteiger partial charge on any atom is 0.224 e. The van der Waals surface area contributed by atoms with Crippen LogP contribution in [0, 0.1) is 5.92 Å². The predicted octanol–water partition coefficient (Wildman–Crippen LogP) is 2.84. The van der Waals surface area contributed by atoms with E-state index in [1.54, 1.807) is 0 Å². The molecule has 0 aliphatic heterocycles. The number of amides is 1. The molecule has 1 aromatic rings. The summed E-state index contributed by atoms with van der Waals surface area (Å²) >= 11 is 0. The van der Waals surface area contributed by atoms with E-state index in [0.717, 1.165) is 36.7 Å². The maximum absolute atomic E-state index is 11.9. The molecule has 0 fully saturated rings. The van der Waals surface area contributed by atoms with Crippen molar-refractivity contribution >= 4 is 11.6 Å². The lowest BCUT2D eigenvalue weighted by molar-refractivity contribution is -0.116. The number of hydrogen-bond acceptors (Lipinski definition) is 3. The lowest BCUT2D eigenvalue weighted by atomic mass is 10.1. The van der Waals surface area contributed by atoms with Crippen LogP contribution in [0.3, 0.4) is 0 Å². The maximum atomic E-state index is 11.9. The van der Waals surface area contributed by atoms with Crippen LogP contribution in [0.2, 0.25) is 0 Å². The van der Waals surface area contributed by atoms with Gasteiger partial charge in [-0.15, -0.1) is 0 Å². The molecule has 0 saturated carbocycles. The molecule has 3 N–H and O–H groups in total. The second kappa shape index (κ2) is 9.53. The molecule has 0 bridgehead atoms. The van der Waals surface area contributed by atoms with Crippen LogP contribution in [-0.4, -0.2) is 30.9 Å². The Balaban J connectivity index is 2.21. The highest BCUT2D eigenvalue weighted by Crippen LogP contribution is 2.10. The molecule has 0 spiro atoms. The Morgan fingerprint density at radius 3 is 2.48 bits per heavy atom. The van der Waals surface area contributed by atoms with E-state index < -0.39 is 0 Å². The fraction of sp³-hybridized carbons (Fsp3) is 0.588. The summed E-state index contributed by atoms with van der Waals surface area (Å²) in [4.78, 5) is 14.2. The van der Waals surface area contributed by atoms with E-state index in [-0.39, 0.29) is 5.91 Å². The second-order valence-corrected chi connectivity index (χ2v) is 6.04. The molecular formula is C17H29N3O. The van der Waals surface area contributed by atoms with Gasteiger partial charge in [-0.2, -0.15) is 0 Å². The average molecular weight is 291 g/mol. The zero-order valence-corrected chi connectivity index (χ0v) is 13.6. The molecule has 4 nitrogen and oxygen atoms in total. The highest BCUT2D eigenvalue weighted by Gasteiger charge is 2.05. The molecule has 0 aliphatic carbocycles. The number of nitrogens with one attached hydrogen (secondary N) is 1. The third-order valence-electron chi connectivity index (χ3n) is 3.51. The molecule has 21 heavy (non-hydrogen) atoms. The normalized spacial score (nSPS) is 11.1. The van der Waals surface area contributed by atoms with Gasteiger partial charge in [-0.25, -0.2) is 0 Å². The first-order valence-electron chi connectivity index (χ1n) is 7.78. The van der Waals surface area contributed by atoms with Crippen LogP contribution in [0.4, 0.5) is 5.69 Å². The minimum absolute atomic E-state index is 0.0766. The second-order valence-electron chi connectivity index (χ2n) is 6.04. The van der Waals surface area contributed by atoms with Crippen LogP contribution in [0.5, 0.6) is 0 Å². The first-order chi connectivity index (χ1) is 10.0. The topological polar surface area (TPSA) is 58.4 Å². The van der Waals surface area contributed by atoms with Gasteiger partial charge in [-0.05, 0) is 56.6 Å². The fourth-order valence-electron chi connectivity index (χ4n) is 2.05. The van der Waals surface area contributed by atoms with Crippen LogP contribution in [0.15, 0.2) is 24.3 Å². The van der Waals surface area contributed by atoms with Gasteiger partial charge >= 0.3 is 0 Å². The van der Waals surface area contributed by atoms with Crippen molar-refractivity contribution in [3.05, 3.63) is 29.8 Å². The van der Waals surface area contributed by atoms with Crippen molar-refractivity contribution in [3.8, 4) is 0 Å². The van der Waals surface area contributed by atoms with Gasteiger partial charge in [-0.1, -0.05) is 26.0 Å². The molecule has 0 aliphatic rings. The fourth-order valence-corrected chi connectivity index (χ4v) is 2.05. The zero-order valence-electron chi connectivity index (χ0n) is 13.6. The van der Waals surface area contributed by atoms with Gasteiger partial charge < -0.3 is 16.0 Å². The molecule has 0 unspecified atom stereocenters. The van der Waals surface area contributed by atoms with Gasteiger partial charge in [-0.3, -0.25) is 4.79 Å². The number of hydrogen-bond donors (Lipinski definition) is 2. The molecule has 0 aromatic heterocycles. The molecule has 118 valence electrons. The summed E-state index contributed by atoms with van der Waals surface area (Å²) in [6.45, 7) is 7.05. The molecule has 0 atom stereocenters. The van der Waals surface area contributed by atoms with Gasteiger partial charge in [0, 0.05) is 18.7 Å². The van der Waals surface area contributed by atoms with Crippen molar-refractivity contribution in [3.63, 3.8) is 0 Å². The summed E-state index contributed by atoms with van der Waals surface area (Å²) in [7, 11) is 2.12. The molecule has 1 aromatic carbocycles. The molecule has 0 radical (unpaired) electrons. The minimum atomic E-state index is 0.0766. The van der Waals surface area contributed by atoms with Crippen molar-refractivity contribution in [2.75, 3.05) is 25.5 Å². The molecule has 1 rings (SSSR count). The minimum Gasteiger partial charge on any atom is -0.326 e. The van der Waals surface area contributed by atoms with Crippen LogP contribution in [0.25, 0.3) is 0 Å². The third-order valence-corrected chi connectivity index (χ3v) is 3.51. The summed E-state index contributed by atoms with van der Waals surface area (Å²) in [5.41, 5.74) is 7.45. The molecule has 4 heteroatoms. The Bertz CT molecular complexity index is 415. The van der Waals surface area contributed by atoms with E-state index in [4.69, 9.17) is 5.73 Å². The Hall–Kier alpha value is -1.39. The third kappa shape index (κ3) is 7.83. The molecule has 0 heterocycles. The van der Waals surface area contributed by atoms with Crippen LogP contribution in [-0.2, 0) is 11.3 Å². The van der Waals surface area contributed by atoms with Gasteiger partial charge in [0.25, 0.3) is 0 Å². The smallest absolute Gasteiger partial charge is 0.224 e. The first kappa shape index (κ1) is 17.7. The lowest BCUT2D eigenvalue weighted by Crippen LogP contribution is -2.23. The lowest BCUT2D eigenvalue weighted by Gasteiger charge is -2.17. The zero-order chi connectivity index (χ0) is 15.7. The summed E-state index contributed by atoms with van der Waals surface area (Å²) in [6.07, 6.45) is 2.65. The number of carbonyl (C=O) groups is 1. The largest absolute Gasteiger partial charge is 0.326 e. The Morgan fingerprint density at radius 1 is 1.24 bits per heavy atom. The Labute approximate surface area is 128 Å². The summed E-state index contributed by atoms with van der Waals surface area (Å²) in [6, 6.07) is 7.67. The van der Waals surface area contributed by atoms with Crippen molar-refractivity contribution in [2.24, 2.45) is 11.7 Å². The van der Waals surface area contributed by atoms with Crippen LogP contribution < -0.4 is 11.1 Å². The number of benzene rings is 1. The molecule has 0 saturated heterocycles. The Morgan fingerprint density at radius 2 is 1.90 bits per heavy atom. The SMILES string of the molecule is CC(C)CCN(C)CCCC(=O)Nc1ccc(CN)cc1. The van der Waals surface area contributed by atoms with E-state index in [2.05, 4.69) is 31.1 Å². The van der Waals surface area contributed by atoms with Crippen molar-refractivity contribution in [1.82, 2.24) is 4.90 Å². The van der Waals surface area contributed by atoms with Gasteiger partial charge in [0.05, 0.1) is 0 Å². The van der Waals surface area contributed by atoms with Crippen LogP contribution >= 0.6 is 0 Å². The number of nitrogens with two attached hydrogens (primary N) is 1. The van der Waals surface area contributed by atoms with Crippen molar-refractivity contribution < 1.29 is 4.79 Å². The molecule has 1 amide bonds. The van der Waals surface area contributed by atoms with Gasteiger partial charge in [0.15, 0.2) is 0 Å². The summed E-state index contributed by atoms with van der Waals surface area (Å²) in [5.74, 6) is 0.806. The van der Waals surface area contributed by atoms with E-state index in [0.29, 0.717) is 13.0 Å². The summed E-state index contributed by atoms with van der Waals surface area (Å²) in [5, 5.41) is 2.92. The standard InChI is InChI=1S/C17H29N3O/c1-14(2)10-12-20(3)11-4-5-17(21)19-16-8-6-15(13-18)7-9-16/h6-9,14H,4-5,10-13,18H2,1-3H3,(H,19,21). The van der Waals surface area contributed by atoms with E-state index in [9.17, 15) is 4.79 Å². The van der Waals surface area contributed by atoms with Crippen molar-refractivity contribution in [1.29, 1.82) is 0 Å². The van der Waals surface area contributed by atoms with Crippen molar-refractivity contribution in [2.45, 2.75) is 39.7 Å². The number of anilines is 1. The van der Waals surface area contributed by atoms with E-state index in [1.807, 2.05) is 24.3 Å². The van der Waals surface area contributed by atoms with Gasteiger partial charge in [0.1, 0.15) is 0 Å². The molecular weight excluding hydrogens is 262 g/mol. The first-order valence-corrected chi connectivity index (χ1v) is 7.78.